The van der Waals surface area contributed by atoms with Gasteiger partial charge >= 0.3 is 5.97 Å². The summed E-state index contributed by atoms with van der Waals surface area (Å²) in [6.45, 7) is 1.36. The van der Waals surface area contributed by atoms with Crippen molar-refractivity contribution >= 4 is 39.2 Å². The van der Waals surface area contributed by atoms with Gasteiger partial charge in [-0.05, 0) is 48.9 Å². The number of methoxy groups -OCH3 is 1. The Labute approximate surface area is 162 Å². The van der Waals surface area contributed by atoms with E-state index < -0.39 is 28.4 Å². The molecule has 9 heteroatoms. The molecule has 0 heterocycles. The number of carbonyl (C=O) groups excluding carboxylic acids is 2. The first-order valence-corrected chi connectivity index (χ1v) is 9.67. The number of likely N-dealkylation sites (N-methyl/N-ethyl adjacent to an activating group) is 1. The van der Waals surface area contributed by atoms with Gasteiger partial charge in [-0.3, -0.25) is 4.79 Å². The third-order valence-corrected chi connectivity index (χ3v) is 5.89. The molecular weight excluding hydrogens is 392 g/mol. The first-order chi connectivity index (χ1) is 12.6. The lowest BCUT2D eigenvalue weighted by Gasteiger charge is -2.17. The number of rotatable bonds is 6. The number of amides is 1. The van der Waals surface area contributed by atoms with Gasteiger partial charge in [0.25, 0.3) is 0 Å². The molecule has 0 radical (unpaired) electrons. The number of carbonyl (C=O) groups is 2. The molecule has 7 nitrogen and oxygen atoms in total. The summed E-state index contributed by atoms with van der Waals surface area (Å²) in [4.78, 5) is 24.0. The number of esters is 1. The lowest BCUT2D eigenvalue weighted by atomic mass is 10.1. The Morgan fingerprint density at radius 1 is 1.15 bits per heavy atom. The second-order valence-corrected chi connectivity index (χ2v) is 8.27. The average Bonchev–Trinajstić information content (AvgIpc) is 2.63. The molecule has 144 valence electrons. The zero-order valence-corrected chi connectivity index (χ0v) is 16.6. The fourth-order valence-electron chi connectivity index (χ4n) is 2.26. The lowest BCUT2D eigenvalue weighted by molar-refractivity contribution is -0.116. The topological polar surface area (TPSA) is 92.8 Å². The summed E-state index contributed by atoms with van der Waals surface area (Å²) in [5.74, 6) is -1.08. The monoisotopic (exact) mass is 410 g/mol. The van der Waals surface area contributed by atoms with Gasteiger partial charge < -0.3 is 10.1 Å². The zero-order valence-electron chi connectivity index (χ0n) is 15.0. The summed E-state index contributed by atoms with van der Waals surface area (Å²) < 4.78 is 30.6. The van der Waals surface area contributed by atoms with Crippen molar-refractivity contribution in [3.63, 3.8) is 0 Å². The van der Waals surface area contributed by atoms with E-state index in [1.54, 1.807) is 19.1 Å². The van der Waals surface area contributed by atoms with Gasteiger partial charge in [-0.25, -0.2) is 13.2 Å². The van der Waals surface area contributed by atoms with Crippen molar-refractivity contribution in [3.05, 3.63) is 58.6 Å². The van der Waals surface area contributed by atoms with Crippen LogP contribution in [0.3, 0.4) is 0 Å². The van der Waals surface area contributed by atoms with Crippen LogP contribution in [0.1, 0.15) is 15.9 Å². The van der Waals surface area contributed by atoms with Crippen molar-refractivity contribution in [2.24, 2.45) is 0 Å². The summed E-state index contributed by atoms with van der Waals surface area (Å²) in [7, 11) is -1.27. The van der Waals surface area contributed by atoms with Gasteiger partial charge in [-0.1, -0.05) is 17.7 Å². The van der Waals surface area contributed by atoms with Gasteiger partial charge in [-0.15, -0.1) is 0 Å². The van der Waals surface area contributed by atoms with Gasteiger partial charge in [0.05, 0.1) is 24.1 Å². The third-order valence-electron chi connectivity index (χ3n) is 3.82. The van der Waals surface area contributed by atoms with E-state index in [1.165, 1.54) is 44.5 Å². The van der Waals surface area contributed by atoms with Crippen molar-refractivity contribution in [3.8, 4) is 0 Å². The highest BCUT2D eigenvalue weighted by molar-refractivity contribution is 7.89. The Morgan fingerprint density at radius 2 is 1.78 bits per heavy atom. The van der Waals surface area contributed by atoms with E-state index in [0.29, 0.717) is 10.7 Å². The first-order valence-electron chi connectivity index (χ1n) is 7.86. The van der Waals surface area contributed by atoms with Crippen LogP contribution in [0, 0.1) is 6.92 Å². The highest BCUT2D eigenvalue weighted by Crippen LogP contribution is 2.19. The number of hydrogen-bond acceptors (Lipinski definition) is 5. The predicted octanol–water partition coefficient (Wildman–Crippen LogP) is 2.69. The molecule has 1 N–H and O–H groups in total. The molecular formula is C18H19ClN2O5S. The molecule has 0 saturated heterocycles. The Bertz CT molecular complexity index is 958. The van der Waals surface area contributed by atoms with E-state index in [-0.39, 0.29) is 10.5 Å². The Hall–Kier alpha value is -2.42. The second-order valence-electron chi connectivity index (χ2n) is 5.78. The molecule has 0 saturated carbocycles. The van der Waals surface area contributed by atoms with Gasteiger partial charge in [0.2, 0.25) is 15.9 Å². The van der Waals surface area contributed by atoms with Crippen molar-refractivity contribution in [2.75, 3.05) is 26.0 Å². The number of anilines is 1. The fourth-order valence-corrected chi connectivity index (χ4v) is 3.52. The van der Waals surface area contributed by atoms with Crippen molar-refractivity contribution in [1.29, 1.82) is 0 Å². The Morgan fingerprint density at radius 3 is 2.37 bits per heavy atom. The molecule has 0 aromatic heterocycles. The molecule has 0 fully saturated rings. The molecule has 0 aliphatic carbocycles. The number of ether oxygens (including phenoxy) is 1. The Balaban J connectivity index is 2.13. The number of benzene rings is 2. The molecule has 27 heavy (non-hydrogen) atoms. The van der Waals surface area contributed by atoms with E-state index in [9.17, 15) is 18.0 Å². The number of halogens is 1. The largest absolute Gasteiger partial charge is 0.465 e. The van der Waals surface area contributed by atoms with Gasteiger partial charge in [0.15, 0.2) is 0 Å². The van der Waals surface area contributed by atoms with Crippen LogP contribution in [0.15, 0.2) is 47.4 Å². The molecule has 0 bridgehead atoms. The van der Waals surface area contributed by atoms with Crippen molar-refractivity contribution in [2.45, 2.75) is 11.8 Å². The SMILES string of the molecule is COC(=O)c1ccc(C)c(NC(=O)CN(C)S(=O)(=O)c2ccc(Cl)cc2)c1. The summed E-state index contributed by atoms with van der Waals surface area (Å²) in [6.07, 6.45) is 0. The fraction of sp³-hybridized carbons (Fsp3) is 0.222. The molecule has 0 spiro atoms. The summed E-state index contributed by atoms with van der Waals surface area (Å²) in [6, 6.07) is 10.4. The lowest BCUT2D eigenvalue weighted by Crippen LogP contribution is -2.35. The molecule has 0 atom stereocenters. The third kappa shape index (κ3) is 5.06. The molecule has 2 rings (SSSR count). The molecule has 1 amide bonds. The number of nitrogens with zero attached hydrogens (tertiary/aromatic N) is 1. The minimum absolute atomic E-state index is 0.0334. The van der Waals surface area contributed by atoms with Crippen LogP contribution in [0.5, 0.6) is 0 Å². The Kier molecular flexibility index (Phi) is 6.59. The van der Waals surface area contributed by atoms with E-state index in [0.717, 1.165) is 9.87 Å². The smallest absolute Gasteiger partial charge is 0.337 e. The number of hydrogen-bond donors (Lipinski definition) is 1. The first kappa shape index (κ1) is 20.9. The van der Waals surface area contributed by atoms with Crippen LogP contribution in [0.2, 0.25) is 5.02 Å². The van der Waals surface area contributed by atoms with Crippen LogP contribution >= 0.6 is 11.6 Å². The zero-order chi connectivity index (χ0) is 20.2. The van der Waals surface area contributed by atoms with Crippen molar-refractivity contribution < 1.29 is 22.7 Å². The molecule has 0 aliphatic heterocycles. The van der Waals surface area contributed by atoms with Crippen LogP contribution in [0.25, 0.3) is 0 Å². The minimum atomic E-state index is -3.84. The van der Waals surface area contributed by atoms with E-state index >= 15 is 0 Å². The van der Waals surface area contributed by atoms with Crippen LogP contribution < -0.4 is 5.32 Å². The maximum absolute atomic E-state index is 12.5. The predicted molar refractivity (Wildman–Crippen MR) is 102 cm³/mol. The van der Waals surface area contributed by atoms with Crippen LogP contribution in [-0.2, 0) is 19.6 Å². The van der Waals surface area contributed by atoms with Crippen LogP contribution in [-0.4, -0.2) is 45.3 Å². The molecule has 0 unspecified atom stereocenters. The van der Waals surface area contributed by atoms with Gasteiger partial charge in [-0.2, -0.15) is 4.31 Å². The average molecular weight is 411 g/mol. The summed E-state index contributed by atoms with van der Waals surface area (Å²) in [5.41, 5.74) is 1.40. The van der Waals surface area contributed by atoms with E-state index in [2.05, 4.69) is 10.1 Å². The van der Waals surface area contributed by atoms with Crippen LogP contribution in [0.4, 0.5) is 5.69 Å². The molecule has 0 aliphatic rings. The summed E-state index contributed by atoms with van der Waals surface area (Å²) in [5, 5.41) is 3.03. The highest BCUT2D eigenvalue weighted by atomic mass is 35.5. The highest BCUT2D eigenvalue weighted by Gasteiger charge is 2.23. The quantitative estimate of drug-likeness (QED) is 0.739. The normalized spacial score (nSPS) is 11.3. The number of sulfonamides is 1. The van der Waals surface area contributed by atoms with Gasteiger partial charge in [0, 0.05) is 17.8 Å². The number of aryl methyl sites for hydroxylation is 1. The number of nitrogens with one attached hydrogen (secondary N) is 1. The summed E-state index contributed by atoms with van der Waals surface area (Å²) >= 11 is 5.77. The van der Waals surface area contributed by atoms with E-state index in [1.807, 2.05) is 0 Å². The minimum Gasteiger partial charge on any atom is -0.465 e. The van der Waals surface area contributed by atoms with Gasteiger partial charge in [0.1, 0.15) is 0 Å². The second kappa shape index (κ2) is 8.51. The standard InChI is InChI=1S/C18H19ClN2O5S/c1-12-4-5-13(18(23)26-3)10-16(12)20-17(22)11-21(2)27(24,25)15-8-6-14(19)7-9-15/h4-10H,11H2,1-3H3,(H,20,22). The molecule has 2 aromatic carbocycles. The maximum atomic E-state index is 12.5. The van der Waals surface area contributed by atoms with E-state index in [4.69, 9.17) is 11.6 Å². The van der Waals surface area contributed by atoms with Crippen molar-refractivity contribution in [1.82, 2.24) is 4.31 Å². The maximum Gasteiger partial charge on any atom is 0.337 e. The molecule has 2 aromatic rings.